The Morgan fingerprint density at radius 3 is 2.17 bits per heavy atom. The highest BCUT2D eigenvalue weighted by molar-refractivity contribution is 7.89. The van der Waals surface area contributed by atoms with E-state index >= 15 is 0 Å². The molecule has 0 radical (unpaired) electrons. The van der Waals surface area contributed by atoms with Crippen molar-refractivity contribution in [3.63, 3.8) is 0 Å². The smallest absolute Gasteiger partial charge is 0.406 e. The maximum Gasteiger partial charge on any atom is 0.573 e. The third kappa shape index (κ3) is 5.19. The summed E-state index contributed by atoms with van der Waals surface area (Å²) in [7, 11) is -3.84. The lowest BCUT2D eigenvalue weighted by Gasteiger charge is -2.23. The molecule has 154 valence electrons. The fourth-order valence-electron chi connectivity index (χ4n) is 3.10. The van der Waals surface area contributed by atoms with Crippen LogP contribution in [0, 0.1) is 11.3 Å². The normalized spacial score (nSPS) is 16.1. The number of benzene rings is 2. The number of nitriles is 1. The molecule has 10 heteroatoms. The van der Waals surface area contributed by atoms with Crippen LogP contribution in [0.4, 0.5) is 18.9 Å². The van der Waals surface area contributed by atoms with E-state index in [9.17, 15) is 21.6 Å². The third-order valence-electron chi connectivity index (χ3n) is 4.51. The Morgan fingerprint density at radius 1 is 0.931 bits per heavy atom. The van der Waals surface area contributed by atoms with Crippen molar-refractivity contribution in [2.45, 2.75) is 17.7 Å². The van der Waals surface area contributed by atoms with Gasteiger partial charge in [0.15, 0.2) is 0 Å². The second kappa shape index (κ2) is 8.31. The lowest BCUT2D eigenvalue weighted by atomic mass is 10.2. The van der Waals surface area contributed by atoms with Crippen molar-refractivity contribution in [2.24, 2.45) is 0 Å². The first-order valence-corrected chi connectivity index (χ1v) is 10.2. The molecular weight excluding hydrogens is 407 g/mol. The van der Waals surface area contributed by atoms with Crippen molar-refractivity contribution in [3.05, 3.63) is 54.1 Å². The molecule has 0 saturated carbocycles. The summed E-state index contributed by atoms with van der Waals surface area (Å²) >= 11 is 0. The highest BCUT2D eigenvalue weighted by Gasteiger charge is 2.32. The van der Waals surface area contributed by atoms with E-state index in [1.54, 1.807) is 12.1 Å². The molecule has 1 aliphatic heterocycles. The first-order valence-electron chi connectivity index (χ1n) is 8.80. The van der Waals surface area contributed by atoms with E-state index in [1.807, 2.05) is 17.0 Å². The lowest BCUT2D eigenvalue weighted by Crippen LogP contribution is -2.35. The van der Waals surface area contributed by atoms with Gasteiger partial charge >= 0.3 is 6.36 Å². The zero-order chi connectivity index (χ0) is 21.1. The molecule has 0 unspecified atom stereocenters. The Kier molecular flexibility index (Phi) is 6.00. The van der Waals surface area contributed by atoms with Crippen LogP contribution >= 0.6 is 0 Å². The maximum atomic E-state index is 12.9. The van der Waals surface area contributed by atoms with Crippen LogP contribution in [-0.2, 0) is 10.0 Å². The number of nitrogens with zero attached hydrogens (tertiary/aromatic N) is 3. The predicted molar refractivity (Wildman–Crippen MR) is 99.9 cm³/mol. The van der Waals surface area contributed by atoms with E-state index in [0.29, 0.717) is 31.6 Å². The maximum absolute atomic E-state index is 12.9. The Bertz CT molecular complexity index is 985. The van der Waals surface area contributed by atoms with Crippen molar-refractivity contribution < 1.29 is 26.3 Å². The quantitative estimate of drug-likeness (QED) is 0.751. The van der Waals surface area contributed by atoms with Gasteiger partial charge in [0, 0.05) is 31.9 Å². The molecule has 2 aromatic carbocycles. The number of hydrogen-bond donors (Lipinski definition) is 0. The molecule has 0 aliphatic carbocycles. The summed E-state index contributed by atoms with van der Waals surface area (Å²) in [5.74, 6) is -0.473. The number of ether oxygens (including phenoxy) is 1. The first kappa shape index (κ1) is 21.0. The van der Waals surface area contributed by atoms with Gasteiger partial charge in [-0.05, 0) is 55.0 Å². The Labute approximate surface area is 166 Å². The number of anilines is 1. The van der Waals surface area contributed by atoms with E-state index in [-0.39, 0.29) is 11.4 Å². The van der Waals surface area contributed by atoms with Crippen molar-refractivity contribution in [2.75, 3.05) is 31.1 Å². The molecule has 0 N–H and O–H groups in total. The van der Waals surface area contributed by atoms with Gasteiger partial charge in [-0.15, -0.1) is 13.2 Å². The highest BCUT2D eigenvalue weighted by Crippen LogP contribution is 2.26. The molecule has 0 bridgehead atoms. The van der Waals surface area contributed by atoms with Gasteiger partial charge < -0.3 is 9.64 Å². The largest absolute Gasteiger partial charge is 0.573 e. The highest BCUT2D eigenvalue weighted by atomic mass is 32.2. The van der Waals surface area contributed by atoms with Gasteiger partial charge in [-0.3, -0.25) is 0 Å². The minimum absolute atomic E-state index is 0.0844. The molecule has 0 amide bonds. The van der Waals surface area contributed by atoms with Gasteiger partial charge in [0.2, 0.25) is 10.0 Å². The van der Waals surface area contributed by atoms with Crippen LogP contribution in [0.2, 0.25) is 0 Å². The fraction of sp³-hybridized carbons (Fsp3) is 0.316. The Balaban J connectivity index is 1.70. The summed E-state index contributed by atoms with van der Waals surface area (Å²) in [6.45, 7) is 1.65. The molecule has 1 saturated heterocycles. The molecule has 0 aromatic heterocycles. The summed E-state index contributed by atoms with van der Waals surface area (Å²) in [6.07, 6.45) is -4.24. The molecule has 3 rings (SSSR count). The van der Waals surface area contributed by atoms with E-state index in [2.05, 4.69) is 10.8 Å². The van der Waals surface area contributed by atoms with Gasteiger partial charge in [0.05, 0.1) is 16.5 Å². The van der Waals surface area contributed by atoms with Crippen LogP contribution in [0.15, 0.2) is 53.4 Å². The van der Waals surface area contributed by atoms with Gasteiger partial charge in [-0.2, -0.15) is 9.57 Å². The molecule has 29 heavy (non-hydrogen) atoms. The standard InChI is InChI=1S/C19H18F3N3O3S/c20-19(21,22)28-17-6-8-18(9-7-17)29(26,27)25-11-1-10-24(12-13-25)16-4-2-15(14-23)3-5-16/h2-9H,1,10-13H2. The number of halogens is 3. The van der Waals surface area contributed by atoms with E-state index in [4.69, 9.17) is 5.26 Å². The SMILES string of the molecule is N#Cc1ccc(N2CCCN(S(=O)(=O)c3ccc(OC(F)(F)F)cc3)CC2)cc1. The summed E-state index contributed by atoms with van der Waals surface area (Å²) in [5.41, 5.74) is 1.45. The second-order valence-corrected chi connectivity index (χ2v) is 8.36. The number of alkyl halides is 3. The topological polar surface area (TPSA) is 73.6 Å². The van der Waals surface area contributed by atoms with Gasteiger partial charge in [0.1, 0.15) is 5.75 Å². The number of hydrogen-bond acceptors (Lipinski definition) is 5. The first-order chi connectivity index (χ1) is 13.7. The Hall–Kier alpha value is -2.77. The molecule has 2 aromatic rings. The van der Waals surface area contributed by atoms with Crippen molar-refractivity contribution in [1.82, 2.24) is 4.31 Å². The van der Waals surface area contributed by atoms with E-state index in [1.165, 1.54) is 4.31 Å². The fourth-order valence-corrected chi connectivity index (χ4v) is 4.57. The Morgan fingerprint density at radius 2 is 1.59 bits per heavy atom. The minimum atomic E-state index is -4.83. The molecular formula is C19H18F3N3O3S. The monoisotopic (exact) mass is 425 g/mol. The van der Waals surface area contributed by atoms with Crippen molar-refractivity contribution >= 4 is 15.7 Å². The van der Waals surface area contributed by atoms with Crippen LogP contribution in [0.25, 0.3) is 0 Å². The average Bonchev–Trinajstić information content (AvgIpc) is 2.94. The minimum Gasteiger partial charge on any atom is -0.406 e. The second-order valence-electron chi connectivity index (χ2n) is 6.42. The van der Waals surface area contributed by atoms with Gasteiger partial charge in [-0.25, -0.2) is 8.42 Å². The predicted octanol–water partition coefficient (Wildman–Crippen LogP) is 3.36. The zero-order valence-electron chi connectivity index (χ0n) is 15.3. The molecule has 0 spiro atoms. The van der Waals surface area contributed by atoms with Crippen LogP contribution in [0.1, 0.15) is 12.0 Å². The summed E-state index contributed by atoms with van der Waals surface area (Å²) < 4.78 is 67.6. The van der Waals surface area contributed by atoms with Crippen molar-refractivity contribution in [1.29, 1.82) is 5.26 Å². The average molecular weight is 425 g/mol. The van der Waals surface area contributed by atoms with Crippen molar-refractivity contribution in [3.8, 4) is 11.8 Å². The van der Waals surface area contributed by atoms with Crippen LogP contribution in [0.3, 0.4) is 0 Å². The summed E-state index contributed by atoms with van der Waals surface area (Å²) in [5, 5.41) is 8.89. The van der Waals surface area contributed by atoms with Gasteiger partial charge in [0.25, 0.3) is 0 Å². The lowest BCUT2D eigenvalue weighted by molar-refractivity contribution is -0.274. The molecule has 1 fully saturated rings. The molecule has 1 heterocycles. The zero-order valence-corrected chi connectivity index (χ0v) is 16.1. The molecule has 6 nitrogen and oxygen atoms in total. The van der Waals surface area contributed by atoms with Crippen LogP contribution < -0.4 is 9.64 Å². The summed E-state index contributed by atoms with van der Waals surface area (Å²) in [4.78, 5) is 1.95. The third-order valence-corrected chi connectivity index (χ3v) is 6.42. The van der Waals surface area contributed by atoms with E-state index in [0.717, 1.165) is 30.0 Å². The van der Waals surface area contributed by atoms with E-state index < -0.39 is 22.1 Å². The number of rotatable bonds is 4. The van der Waals surface area contributed by atoms with Crippen LogP contribution in [-0.4, -0.2) is 45.3 Å². The van der Waals surface area contributed by atoms with Crippen LogP contribution in [0.5, 0.6) is 5.75 Å². The summed E-state index contributed by atoms with van der Waals surface area (Å²) in [6, 6.07) is 13.3. The molecule has 1 aliphatic rings. The molecule has 0 atom stereocenters. The van der Waals surface area contributed by atoms with Gasteiger partial charge in [-0.1, -0.05) is 0 Å². The number of sulfonamides is 1.